The molecule has 0 saturated heterocycles. The Kier molecular flexibility index (Phi) is 14.2. The Hall–Kier alpha value is -4.93. The first-order valence-corrected chi connectivity index (χ1v) is 14.1. The largest absolute Gasteiger partial charge is 0.495 e. The quantitative estimate of drug-likeness (QED) is 0.125. The molecule has 0 aliphatic carbocycles. The number of rotatable bonds is 14. The smallest absolute Gasteiger partial charge is 0.251 e. The van der Waals surface area contributed by atoms with Gasteiger partial charge in [-0.05, 0) is 61.7 Å². The standard InChI is InChI=1S/C31H39N5O4.CH3NO/c1-6-12-34-19-24-17-23(18-27(39-5)28(24)32)31(38)35-13-10-25-15-20(3)30(40-7-2)29(36-25)22-8-9-26(33-4)21(16-22)11-14-37;2-1-3/h8-9,14-19,33H,6-7,10-13,32H2,1-5H3,(H,35,38);1H,(H2,2,3). The minimum atomic E-state index is -0.243. The van der Waals surface area contributed by atoms with E-state index in [2.05, 4.69) is 21.4 Å². The molecule has 0 aliphatic heterocycles. The van der Waals surface area contributed by atoms with Crippen molar-refractivity contribution < 1.29 is 23.9 Å². The van der Waals surface area contributed by atoms with E-state index in [-0.39, 0.29) is 12.3 Å². The second-order valence-corrected chi connectivity index (χ2v) is 9.39. The summed E-state index contributed by atoms with van der Waals surface area (Å²) in [7, 11) is 3.35. The molecule has 1 heterocycles. The Bertz CT molecular complexity index is 1420. The van der Waals surface area contributed by atoms with Crippen LogP contribution in [0.5, 0.6) is 11.5 Å². The Morgan fingerprint density at radius 2 is 1.88 bits per heavy atom. The number of nitrogens with one attached hydrogen (secondary N) is 2. The highest BCUT2D eigenvalue weighted by Crippen LogP contribution is 2.34. The van der Waals surface area contributed by atoms with E-state index in [1.807, 2.05) is 52.1 Å². The third kappa shape index (κ3) is 9.56. The van der Waals surface area contributed by atoms with Crippen molar-refractivity contribution in [2.45, 2.75) is 40.0 Å². The van der Waals surface area contributed by atoms with Crippen LogP contribution >= 0.6 is 0 Å². The minimum Gasteiger partial charge on any atom is -0.495 e. The number of carbonyl (C=O) groups is 3. The molecule has 3 aromatic rings. The molecular weight excluding hydrogens is 548 g/mol. The van der Waals surface area contributed by atoms with Gasteiger partial charge in [-0.2, -0.15) is 0 Å². The molecule has 0 saturated carbocycles. The van der Waals surface area contributed by atoms with Crippen LogP contribution in [0, 0.1) is 6.92 Å². The number of aldehydes is 1. The van der Waals surface area contributed by atoms with Gasteiger partial charge >= 0.3 is 0 Å². The van der Waals surface area contributed by atoms with Crippen molar-refractivity contribution >= 4 is 36.2 Å². The molecule has 6 N–H and O–H groups in total. The summed E-state index contributed by atoms with van der Waals surface area (Å²) >= 11 is 0. The van der Waals surface area contributed by atoms with E-state index < -0.39 is 0 Å². The summed E-state index contributed by atoms with van der Waals surface area (Å²) in [6.07, 6.45) is 4.53. The van der Waals surface area contributed by atoms with Crippen LogP contribution in [0.3, 0.4) is 0 Å². The normalized spacial score (nSPS) is 10.4. The number of methoxy groups -OCH3 is 1. The monoisotopic (exact) mass is 590 g/mol. The van der Waals surface area contributed by atoms with Crippen LogP contribution in [-0.4, -0.2) is 63.7 Å². The van der Waals surface area contributed by atoms with Gasteiger partial charge in [-0.15, -0.1) is 0 Å². The molecule has 0 atom stereocenters. The number of pyridine rings is 1. The molecule has 230 valence electrons. The third-order valence-electron chi connectivity index (χ3n) is 6.36. The fraction of sp³-hybridized carbons (Fsp3) is 0.344. The fourth-order valence-corrected chi connectivity index (χ4v) is 4.38. The number of aliphatic imine (C=N–C) groups is 1. The van der Waals surface area contributed by atoms with Gasteiger partial charge in [0.05, 0.1) is 19.4 Å². The van der Waals surface area contributed by atoms with Crippen LogP contribution in [0.1, 0.15) is 53.0 Å². The number of hydrogen-bond donors (Lipinski definition) is 4. The average molecular weight is 591 g/mol. The van der Waals surface area contributed by atoms with Crippen LogP contribution < -0.4 is 31.6 Å². The molecule has 0 fully saturated rings. The molecule has 3 rings (SSSR count). The van der Waals surface area contributed by atoms with Gasteiger partial charge < -0.3 is 36.4 Å². The number of benzene rings is 2. The minimum absolute atomic E-state index is 0.243. The van der Waals surface area contributed by atoms with Crippen molar-refractivity contribution in [2.75, 3.05) is 44.9 Å². The summed E-state index contributed by atoms with van der Waals surface area (Å²) < 4.78 is 11.3. The number of aryl methyl sites for hydroxylation is 1. The Balaban J connectivity index is 0.00000206. The van der Waals surface area contributed by atoms with Crippen LogP contribution in [0.15, 0.2) is 41.4 Å². The number of hydrogen-bond acceptors (Lipinski definition) is 9. The molecule has 0 aliphatic rings. The summed E-state index contributed by atoms with van der Waals surface area (Å²) in [6.45, 7) is 7.50. The topological polar surface area (TPSA) is 171 Å². The molecule has 0 unspecified atom stereocenters. The fourth-order valence-electron chi connectivity index (χ4n) is 4.38. The van der Waals surface area contributed by atoms with Gasteiger partial charge in [0.1, 0.15) is 23.5 Å². The highest BCUT2D eigenvalue weighted by Gasteiger charge is 2.17. The molecule has 11 heteroatoms. The van der Waals surface area contributed by atoms with Gasteiger partial charge in [-0.3, -0.25) is 14.6 Å². The molecule has 2 aromatic carbocycles. The number of nitrogens with two attached hydrogens (primary N) is 2. The van der Waals surface area contributed by atoms with Gasteiger partial charge in [0.25, 0.3) is 5.91 Å². The predicted octanol–water partition coefficient (Wildman–Crippen LogP) is 3.73. The summed E-state index contributed by atoms with van der Waals surface area (Å²) in [5, 5.41) is 6.10. The maximum absolute atomic E-state index is 13.0. The maximum atomic E-state index is 13.0. The van der Waals surface area contributed by atoms with Gasteiger partial charge in [0.15, 0.2) is 0 Å². The van der Waals surface area contributed by atoms with E-state index in [0.717, 1.165) is 40.8 Å². The highest BCUT2D eigenvalue weighted by atomic mass is 16.5. The molecular formula is C32H42N6O5. The van der Waals surface area contributed by atoms with Crippen molar-refractivity contribution in [1.82, 2.24) is 10.3 Å². The van der Waals surface area contributed by atoms with Crippen molar-refractivity contribution in [1.29, 1.82) is 0 Å². The number of nitrogen functional groups attached to an aromatic ring is 1. The molecule has 0 radical (unpaired) electrons. The van der Waals surface area contributed by atoms with Crippen molar-refractivity contribution in [3.05, 3.63) is 64.3 Å². The highest BCUT2D eigenvalue weighted by molar-refractivity contribution is 5.99. The lowest BCUT2D eigenvalue weighted by atomic mass is 10.0. The lowest BCUT2D eigenvalue weighted by Crippen LogP contribution is -2.26. The molecule has 2 amide bonds. The Morgan fingerprint density at radius 1 is 1.14 bits per heavy atom. The number of nitrogens with zero attached hydrogens (tertiary/aromatic N) is 2. The lowest BCUT2D eigenvalue weighted by Gasteiger charge is -2.16. The third-order valence-corrected chi connectivity index (χ3v) is 6.36. The molecule has 11 nitrogen and oxygen atoms in total. The second-order valence-electron chi connectivity index (χ2n) is 9.39. The summed E-state index contributed by atoms with van der Waals surface area (Å²) in [5.74, 6) is 0.889. The van der Waals surface area contributed by atoms with Crippen LogP contribution in [0.4, 0.5) is 11.4 Å². The summed E-state index contributed by atoms with van der Waals surface area (Å²) in [4.78, 5) is 42.1. The number of amides is 2. The molecule has 0 bridgehead atoms. The Labute approximate surface area is 253 Å². The van der Waals surface area contributed by atoms with E-state index in [4.69, 9.17) is 25.0 Å². The number of primary amides is 1. The second kappa shape index (κ2) is 17.8. The maximum Gasteiger partial charge on any atom is 0.251 e. The molecule has 0 spiro atoms. The van der Waals surface area contributed by atoms with Gasteiger partial charge in [0, 0.05) is 67.3 Å². The van der Waals surface area contributed by atoms with Crippen LogP contribution in [-0.2, 0) is 22.4 Å². The zero-order valence-electron chi connectivity index (χ0n) is 25.5. The number of ether oxygens (including phenoxy) is 2. The van der Waals surface area contributed by atoms with Crippen LogP contribution in [0.25, 0.3) is 11.3 Å². The first-order chi connectivity index (χ1) is 20.8. The van der Waals surface area contributed by atoms with E-state index in [1.54, 1.807) is 18.3 Å². The average Bonchev–Trinajstić information content (AvgIpc) is 2.99. The summed E-state index contributed by atoms with van der Waals surface area (Å²) in [6, 6.07) is 11.2. The lowest BCUT2D eigenvalue weighted by molar-refractivity contribution is -0.107. The van der Waals surface area contributed by atoms with Gasteiger partial charge in [-0.1, -0.05) is 13.0 Å². The van der Waals surface area contributed by atoms with Crippen LogP contribution in [0.2, 0.25) is 0 Å². The van der Waals surface area contributed by atoms with Gasteiger partial charge in [-0.25, -0.2) is 4.98 Å². The summed E-state index contributed by atoms with van der Waals surface area (Å²) in [5.41, 5.74) is 17.0. The van der Waals surface area contributed by atoms with E-state index in [0.29, 0.717) is 66.5 Å². The van der Waals surface area contributed by atoms with Crippen molar-refractivity contribution in [3.63, 3.8) is 0 Å². The van der Waals surface area contributed by atoms with Gasteiger partial charge in [0.2, 0.25) is 6.41 Å². The first kappa shape index (κ1) is 34.3. The zero-order valence-corrected chi connectivity index (χ0v) is 25.5. The number of anilines is 2. The van der Waals surface area contributed by atoms with Crippen molar-refractivity contribution in [3.8, 4) is 22.8 Å². The van der Waals surface area contributed by atoms with E-state index in [1.165, 1.54) is 7.11 Å². The Morgan fingerprint density at radius 3 is 2.51 bits per heavy atom. The number of carbonyl (C=O) groups excluding carboxylic acids is 3. The molecule has 43 heavy (non-hydrogen) atoms. The van der Waals surface area contributed by atoms with Crippen molar-refractivity contribution in [2.24, 2.45) is 10.7 Å². The number of aromatic nitrogens is 1. The van der Waals surface area contributed by atoms with E-state index >= 15 is 0 Å². The molecule has 1 aromatic heterocycles. The SMILES string of the molecule is CCCN=Cc1cc(C(=O)NCCc2cc(C)c(OCC)c(-c3ccc(NC)c(CC=O)c3)n2)cc(OC)c1N.NC=O. The van der Waals surface area contributed by atoms with E-state index in [9.17, 15) is 9.59 Å². The predicted molar refractivity (Wildman–Crippen MR) is 171 cm³/mol. The zero-order chi connectivity index (χ0) is 31.8. The first-order valence-electron chi connectivity index (χ1n) is 14.1.